The molecule has 5 nitrogen and oxygen atoms in total. The number of carbonyl (C=O) groups is 1. The molecule has 2 rings (SSSR count). The molecule has 1 aromatic carbocycles. The van der Waals surface area contributed by atoms with Gasteiger partial charge in [0.1, 0.15) is 5.75 Å². The van der Waals surface area contributed by atoms with E-state index in [0.717, 1.165) is 0 Å². The fraction of sp³-hybridized carbons (Fsp3) is 0. The number of hydrogen-bond donors (Lipinski definition) is 2. The topological polar surface area (TPSA) is 74.6 Å². The molecule has 0 aliphatic carbocycles. The Balaban J connectivity index is 2.00. The molecule has 1 amide bonds. The Kier molecular flexibility index (Phi) is 4.10. The molecule has 0 saturated carbocycles. The van der Waals surface area contributed by atoms with Crippen LogP contribution in [0.1, 0.15) is 15.9 Å². The summed E-state index contributed by atoms with van der Waals surface area (Å²) in [7, 11) is 0. The van der Waals surface area contributed by atoms with Gasteiger partial charge in [0.15, 0.2) is 0 Å². The van der Waals surface area contributed by atoms with Crippen molar-refractivity contribution in [1.29, 1.82) is 0 Å². The summed E-state index contributed by atoms with van der Waals surface area (Å²) in [6.07, 6.45) is 4.46. The smallest absolute Gasteiger partial charge is 0.272 e. The lowest BCUT2D eigenvalue weighted by Gasteiger charge is -1.99. The summed E-state index contributed by atoms with van der Waals surface area (Å²) >= 11 is 5.74. The van der Waals surface area contributed by atoms with Gasteiger partial charge in [-0.3, -0.25) is 9.78 Å². The van der Waals surface area contributed by atoms with Gasteiger partial charge in [-0.25, -0.2) is 5.43 Å². The zero-order chi connectivity index (χ0) is 13.7. The van der Waals surface area contributed by atoms with Crippen LogP contribution in [0.2, 0.25) is 5.02 Å². The van der Waals surface area contributed by atoms with Gasteiger partial charge >= 0.3 is 0 Å². The number of amides is 1. The van der Waals surface area contributed by atoms with Crippen molar-refractivity contribution in [1.82, 2.24) is 10.4 Å². The van der Waals surface area contributed by atoms with Crippen molar-refractivity contribution in [2.75, 3.05) is 0 Å². The van der Waals surface area contributed by atoms with Crippen molar-refractivity contribution < 1.29 is 9.90 Å². The molecule has 2 N–H and O–H groups in total. The summed E-state index contributed by atoms with van der Waals surface area (Å²) in [4.78, 5) is 15.5. The van der Waals surface area contributed by atoms with Crippen molar-refractivity contribution >= 4 is 23.7 Å². The zero-order valence-corrected chi connectivity index (χ0v) is 10.5. The first-order valence-corrected chi connectivity index (χ1v) is 5.76. The van der Waals surface area contributed by atoms with Gasteiger partial charge in [-0.2, -0.15) is 5.10 Å². The molecule has 0 aliphatic heterocycles. The molecule has 0 unspecified atom stereocenters. The summed E-state index contributed by atoms with van der Waals surface area (Å²) in [5, 5.41) is 13.3. The Bertz CT molecular complexity index is 615. The lowest BCUT2D eigenvalue weighted by atomic mass is 10.2. The second kappa shape index (κ2) is 5.97. The maximum Gasteiger partial charge on any atom is 0.272 e. The highest BCUT2D eigenvalue weighted by Gasteiger charge is 2.02. The van der Waals surface area contributed by atoms with Gasteiger partial charge in [-0.05, 0) is 35.9 Å². The monoisotopic (exact) mass is 275 g/mol. The third-order valence-electron chi connectivity index (χ3n) is 2.28. The van der Waals surface area contributed by atoms with E-state index in [0.29, 0.717) is 11.1 Å². The summed E-state index contributed by atoms with van der Waals surface area (Å²) in [5.74, 6) is -0.354. The highest BCUT2D eigenvalue weighted by Crippen LogP contribution is 2.22. The SMILES string of the molecule is O=C(N/N=C\c1ccc(O)c(Cl)c1)c1cccnc1. The highest BCUT2D eigenvalue weighted by molar-refractivity contribution is 6.32. The molecule has 1 aromatic heterocycles. The van der Waals surface area contributed by atoms with Gasteiger partial charge in [0.05, 0.1) is 16.8 Å². The van der Waals surface area contributed by atoms with Crippen LogP contribution in [-0.4, -0.2) is 22.2 Å². The van der Waals surface area contributed by atoms with E-state index in [1.165, 1.54) is 24.5 Å². The number of nitrogens with one attached hydrogen (secondary N) is 1. The van der Waals surface area contributed by atoms with Crippen LogP contribution in [0.3, 0.4) is 0 Å². The van der Waals surface area contributed by atoms with Crippen LogP contribution >= 0.6 is 11.6 Å². The Morgan fingerprint density at radius 3 is 2.95 bits per heavy atom. The molecule has 0 radical (unpaired) electrons. The van der Waals surface area contributed by atoms with Gasteiger partial charge in [-0.15, -0.1) is 0 Å². The van der Waals surface area contributed by atoms with Gasteiger partial charge in [0.25, 0.3) is 5.91 Å². The molecule has 19 heavy (non-hydrogen) atoms. The van der Waals surface area contributed by atoms with Crippen LogP contribution in [0.15, 0.2) is 47.8 Å². The fourth-order valence-corrected chi connectivity index (χ4v) is 1.52. The molecule has 1 heterocycles. The van der Waals surface area contributed by atoms with Crippen molar-refractivity contribution in [3.63, 3.8) is 0 Å². The van der Waals surface area contributed by atoms with E-state index in [1.54, 1.807) is 24.4 Å². The number of halogens is 1. The largest absolute Gasteiger partial charge is 0.506 e. The minimum absolute atomic E-state index is 0.00166. The first-order chi connectivity index (χ1) is 9.16. The van der Waals surface area contributed by atoms with Crippen LogP contribution in [0.5, 0.6) is 5.75 Å². The van der Waals surface area contributed by atoms with E-state index in [4.69, 9.17) is 11.6 Å². The number of aromatic nitrogens is 1. The lowest BCUT2D eigenvalue weighted by Crippen LogP contribution is -2.17. The predicted octanol–water partition coefficient (Wildman–Crippen LogP) is 2.20. The molecule has 0 atom stereocenters. The van der Waals surface area contributed by atoms with E-state index in [1.807, 2.05) is 0 Å². The van der Waals surface area contributed by atoms with Crippen LogP contribution in [0.25, 0.3) is 0 Å². The number of carbonyl (C=O) groups excluding carboxylic acids is 1. The van der Waals surface area contributed by atoms with Crippen LogP contribution in [0, 0.1) is 0 Å². The third-order valence-corrected chi connectivity index (χ3v) is 2.58. The van der Waals surface area contributed by atoms with E-state index in [2.05, 4.69) is 15.5 Å². The molecule has 6 heteroatoms. The molecular formula is C13H10ClN3O2. The predicted molar refractivity (Wildman–Crippen MR) is 72.4 cm³/mol. The third kappa shape index (κ3) is 3.53. The van der Waals surface area contributed by atoms with Crippen molar-refractivity contribution in [3.8, 4) is 5.75 Å². The van der Waals surface area contributed by atoms with Gasteiger partial charge in [0.2, 0.25) is 0 Å². The number of rotatable bonds is 3. The minimum Gasteiger partial charge on any atom is -0.506 e. The number of pyridine rings is 1. The number of phenolic OH excluding ortho intramolecular Hbond substituents is 1. The van der Waals surface area contributed by atoms with E-state index >= 15 is 0 Å². The van der Waals surface area contributed by atoms with E-state index in [-0.39, 0.29) is 16.7 Å². The van der Waals surface area contributed by atoms with Gasteiger partial charge in [0, 0.05) is 12.4 Å². The average molecular weight is 276 g/mol. The first-order valence-electron chi connectivity index (χ1n) is 5.39. The van der Waals surface area contributed by atoms with Crippen LogP contribution < -0.4 is 5.43 Å². The molecule has 0 fully saturated rings. The number of nitrogens with zero attached hydrogens (tertiary/aromatic N) is 2. The van der Waals surface area contributed by atoms with Crippen molar-refractivity contribution in [2.24, 2.45) is 5.10 Å². The molecule has 0 spiro atoms. The minimum atomic E-state index is -0.353. The average Bonchev–Trinajstić information content (AvgIpc) is 2.43. The number of aromatic hydroxyl groups is 1. The molecular weight excluding hydrogens is 266 g/mol. The Morgan fingerprint density at radius 1 is 1.42 bits per heavy atom. The molecule has 96 valence electrons. The van der Waals surface area contributed by atoms with Gasteiger partial charge in [-0.1, -0.05) is 11.6 Å². The standard InChI is InChI=1S/C13H10ClN3O2/c14-11-6-9(3-4-12(11)18)7-16-17-13(19)10-2-1-5-15-8-10/h1-8,18H,(H,17,19)/b16-7-. The van der Waals surface area contributed by atoms with E-state index in [9.17, 15) is 9.90 Å². The molecule has 2 aromatic rings. The summed E-state index contributed by atoms with van der Waals surface area (Å²) in [5.41, 5.74) is 3.45. The van der Waals surface area contributed by atoms with E-state index < -0.39 is 0 Å². The number of benzene rings is 1. The quantitative estimate of drug-likeness (QED) is 0.666. The second-order valence-electron chi connectivity index (χ2n) is 3.65. The van der Waals surface area contributed by atoms with Crippen LogP contribution in [0.4, 0.5) is 0 Å². The first kappa shape index (κ1) is 13.0. The Hall–Kier alpha value is -2.40. The normalized spacial score (nSPS) is 10.6. The Morgan fingerprint density at radius 2 is 2.26 bits per heavy atom. The molecule has 0 aliphatic rings. The fourth-order valence-electron chi connectivity index (χ4n) is 1.33. The lowest BCUT2D eigenvalue weighted by molar-refractivity contribution is 0.0955. The summed E-state index contributed by atoms with van der Waals surface area (Å²) < 4.78 is 0. The summed E-state index contributed by atoms with van der Waals surface area (Å²) in [6, 6.07) is 7.91. The molecule has 0 saturated heterocycles. The highest BCUT2D eigenvalue weighted by atomic mass is 35.5. The second-order valence-corrected chi connectivity index (χ2v) is 4.06. The zero-order valence-electron chi connectivity index (χ0n) is 9.75. The van der Waals surface area contributed by atoms with Gasteiger partial charge < -0.3 is 5.11 Å². The summed E-state index contributed by atoms with van der Waals surface area (Å²) in [6.45, 7) is 0. The maximum atomic E-state index is 11.6. The van der Waals surface area contributed by atoms with Crippen LogP contribution in [-0.2, 0) is 0 Å². The number of hydrogen-bond acceptors (Lipinski definition) is 4. The molecule has 0 bridgehead atoms. The van der Waals surface area contributed by atoms with Crippen molar-refractivity contribution in [2.45, 2.75) is 0 Å². The Labute approximate surface area is 114 Å². The number of hydrazone groups is 1. The number of phenols is 1. The maximum absolute atomic E-state index is 11.6. The van der Waals surface area contributed by atoms with Crippen molar-refractivity contribution in [3.05, 3.63) is 58.9 Å².